The summed E-state index contributed by atoms with van der Waals surface area (Å²) in [5.41, 5.74) is 2.65. The Bertz CT molecular complexity index is 817. The Labute approximate surface area is 152 Å². The van der Waals surface area contributed by atoms with Gasteiger partial charge in [0.2, 0.25) is 0 Å². The van der Waals surface area contributed by atoms with Crippen LogP contribution in [0.1, 0.15) is 5.82 Å². The zero-order valence-corrected chi connectivity index (χ0v) is 16.2. The van der Waals surface area contributed by atoms with Gasteiger partial charge in [-0.3, -0.25) is 4.57 Å². The monoisotopic (exact) mass is 491 g/mol. The van der Waals surface area contributed by atoms with Crippen molar-refractivity contribution in [1.29, 1.82) is 0 Å². The molecule has 0 N–H and O–H groups in total. The molecule has 2 heterocycles. The summed E-state index contributed by atoms with van der Waals surface area (Å²) in [4.78, 5) is 9.17. The lowest BCUT2D eigenvalue weighted by molar-refractivity contribution is 0.902. The van der Waals surface area contributed by atoms with Gasteiger partial charge in [-0.2, -0.15) is 0 Å². The van der Waals surface area contributed by atoms with Gasteiger partial charge in [-0.1, -0.05) is 15.9 Å². The number of hydrogen-bond acceptors (Lipinski definition) is 2. The highest BCUT2D eigenvalue weighted by molar-refractivity contribution is 9.11. The number of aromatic nitrogens is 3. The average Bonchev–Trinajstić information content (AvgIpc) is 2.79. The Hall–Kier alpha value is -0.430. The Morgan fingerprint density at radius 3 is 2.67 bits per heavy atom. The molecule has 108 valence electrons. The maximum Gasteiger partial charge on any atom is 0.164 e. The van der Waals surface area contributed by atoms with Crippen molar-refractivity contribution >= 4 is 70.6 Å². The van der Waals surface area contributed by atoms with Gasteiger partial charge in [-0.05, 0) is 56.1 Å². The molecule has 0 bridgehead atoms. The third-order valence-corrected chi connectivity index (χ3v) is 4.79. The van der Waals surface area contributed by atoms with Crippen molar-refractivity contribution < 1.29 is 0 Å². The predicted molar refractivity (Wildman–Crippen MR) is 96.4 cm³/mol. The number of nitrogens with zero attached hydrogens (tertiary/aromatic N) is 3. The Balaban J connectivity index is 2.33. The highest BCUT2D eigenvalue weighted by atomic mass is 79.9. The fraction of sp³-hybridized carbons (Fsp3) is 0.143. The Morgan fingerprint density at radius 2 is 1.90 bits per heavy atom. The number of alkyl halides is 1. The number of halogens is 4. The van der Waals surface area contributed by atoms with Gasteiger partial charge in [0.15, 0.2) is 5.65 Å². The minimum atomic E-state index is 0.510. The smallest absolute Gasteiger partial charge is 0.164 e. The number of fused-ring (bicyclic) bond motifs is 1. The van der Waals surface area contributed by atoms with Gasteiger partial charge < -0.3 is 0 Å². The van der Waals surface area contributed by atoms with Crippen LogP contribution in [0.25, 0.3) is 16.9 Å². The van der Waals surface area contributed by atoms with Crippen LogP contribution >= 0.6 is 59.4 Å². The van der Waals surface area contributed by atoms with Gasteiger partial charge in [0.1, 0.15) is 11.3 Å². The summed E-state index contributed by atoms with van der Waals surface area (Å²) in [6, 6.07) is 7.97. The largest absolute Gasteiger partial charge is 0.279 e. The topological polar surface area (TPSA) is 30.7 Å². The highest BCUT2D eigenvalue weighted by Crippen LogP contribution is 2.30. The molecular formula is C14H9Br3ClN3. The second kappa shape index (κ2) is 6.36. The maximum absolute atomic E-state index is 5.92. The summed E-state index contributed by atoms with van der Waals surface area (Å²) in [7, 11) is 0. The molecule has 3 rings (SSSR count). The molecule has 3 nitrogen and oxygen atoms in total. The summed E-state index contributed by atoms with van der Waals surface area (Å²) in [5, 5.41) is 0. The molecule has 0 aliphatic carbocycles. The van der Waals surface area contributed by atoms with Gasteiger partial charge in [-0.15, -0.1) is 11.6 Å². The first kappa shape index (κ1) is 15.5. The van der Waals surface area contributed by atoms with Gasteiger partial charge in [0, 0.05) is 31.9 Å². The molecule has 3 aromatic rings. The van der Waals surface area contributed by atoms with Crippen LogP contribution in [0.15, 0.2) is 43.9 Å². The van der Waals surface area contributed by atoms with Crippen LogP contribution in [0.4, 0.5) is 0 Å². The third-order valence-electron chi connectivity index (χ3n) is 3.00. The fourth-order valence-electron chi connectivity index (χ4n) is 2.15. The molecule has 0 saturated carbocycles. The van der Waals surface area contributed by atoms with E-state index in [0.717, 1.165) is 36.1 Å². The summed E-state index contributed by atoms with van der Waals surface area (Å²) in [5.74, 6) is 1.40. The Kier molecular flexibility index (Phi) is 4.69. The van der Waals surface area contributed by atoms with Crippen molar-refractivity contribution in [3.63, 3.8) is 0 Å². The van der Waals surface area contributed by atoms with Crippen molar-refractivity contribution in [2.24, 2.45) is 0 Å². The zero-order chi connectivity index (χ0) is 15.0. The first-order valence-corrected chi connectivity index (χ1v) is 9.06. The van der Waals surface area contributed by atoms with Crippen LogP contribution in [-0.2, 0) is 6.42 Å². The molecule has 0 amide bonds. The average molecular weight is 494 g/mol. The van der Waals surface area contributed by atoms with Gasteiger partial charge in [0.05, 0.1) is 5.69 Å². The molecule has 0 atom stereocenters. The summed E-state index contributed by atoms with van der Waals surface area (Å²) in [6.45, 7) is 0. The molecule has 7 heteroatoms. The number of rotatable bonds is 3. The SMILES string of the molecule is ClCCc1nc2cc(Br)cnc2n1-c1cc(Br)ccc1Br. The fourth-order valence-corrected chi connectivity index (χ4v) is 3.41. The molecule has 1 aromatic carbocycles. The van der Waals surface area contributed by atoms with Crippen LogP contribution in [0.5, 0.6) is 0 Å². The lowest BCUT2D eigenvalue weighted by atomic mass is 10.3. The number of benzene rings is 1. The molecular weight excluding hydrogens is 485 g/mol. The molecule has 0 radical (unpaired) electrons. The Morgan fingerprint density at radius 1 is 1.10 bits per heavy atom. The van der Waals surface area contributed by atoms with Crippen LogP contribution in [0.3, 0.4) is 0 Å². The summed E-state index contributed by atoms with van der Waals surface area (Å²) < 4.78 is 4.92. The molecule has 21 heavy (non-hydrogen) atoms. The highest BCUT2D eigenvalue weighted by Gasteiger charge is 2.16. The van der Waals surface area contributed by atoms with Crippen LogP contribution in [0, 0.1) is 0 Å². The van der Waals surface area contributed by atoms with E-state index in [9.17, 15) is 0 Å². The lowest BCUT2D eigenvalue weighted by Gasteiger charge is -2.10. The van der Waals surface area contributed by atoms with E-state index in [4.69, 9.17) is 11.6 Å². The van der Waals surface area contributed by atoms with E-state index in [1.807, 2.05) is 28.8 Å². The molecule has 0 aliphatic rings. The van der Waals surface area contributed by atoms with Crippen LogP contribution in [0.2, 0.25) is 0 Å². The zero-order valence-electron chi connectivity index (χ0n) is 10.7. The second-order valence-electron chi connectivity index (χ2n) is 4.39. The first-order chi connectivity index (χ1) is 10.1. The van der Waals surface area contributed by atoms with Crippen molar-refractivity contribution in [3.8, 4) is 5.69 Å². The molecule has 0 spiro atoms. The molecule has 0 unspecified atom stereocenters. The van der Waals surface area contributed by atoms with E-state index >= 15 is 0 Å². The molecule has 0 fully saturated rings. The van der Waals surface area contributed by atoms with Crippen molar-refractivity contribution in [2.75, 3.05) is 5.88 Å². The van der Waals surface area contributed by atoms with Gasteiger partial charge >= 0.3 is 0 Å². The molecule has 0 saturated heterocycles. The van der Waals surface area contributed by atoms with Crippen molar-refractivity contribution in [1.82, 2.24) is 14.5 Å². The summed E-state index contributed by atoms with van der Waals surface area (Å²) >= 11 is 16.5. The quantitative estimate of drug-likeness (QED) is 0.451. The van der Waals surface area contributed by atoms with Gasteiger partial charge in [-0.25, -0.2) is 9.97 Å². The van der Waals surface area contributed by atoms with E-state index in [0.29, 0.717) is 12.3 Å². The normalized spacial score (nSPS) is 11.2. The predicted octanol–water partition coefficient (Wildman–Crippen LogP) is 5.49. The minimum Gasteiger partial charge on any atom is -0.279 e. The molecule has 0 aliphatic heterocycles. The van der Waals surface area contributed by atoms with Crippen molar-refractivity contribution in [3.05, 3.63) is 49.7 Å². The van der Waals surface area contributed by atoms with E-state index in [1.54, 1.807) is 6.20 Å². The maximum atomic E-state index is 5.92. The number of imidazole rings is 1. The number of hydrogen-bond donors (Lipinski definition) is 0. The number of aryl methyl sites for hydroxylation is 1. The second-order valence-corrected chi connectivity index (χ2v) is 7.46. The standard InChI is InChI=1S/C14H9Br3ClN3/c15-8-1-2-10(17)12(6-8)21-13(3-4-18)20-11-5-9(16)7-19-14(11)21/h1-2,5-7H,3-4H2. The lowest BCUT2D eigenvalue weighted by Crippen LogP contribution is -2.04. The molecule has 2 aromatic heterocycles. The number of pyridine rings is 1. The summed E-state index contributed by atoms with van der Waals surface area (Å²) in [6.07, 6.45) is 2.45. The van der Waals surface area contributed by atoms with E-state index < -0.39 is 0 Å². The van der Waals surface area contributed by atoms with Crippen LogP contribution in [-0.4, -0.2) is 20.4 Å². The van der Waals surface area contributed by atoms with Crippen molar-refractivity contribution in [2.45, 2.75) is 6.42 Å². The van der Waals surface area contributed by atoms with E-state index in [-0.39, 0.29) is 0 Å². The third kappa shape index (κ3) is 3.04. The van der Waals surface area contributed by atoms with E-state index in [1.165, 1.54) is 0 Å². The van der Waals surface area contributed by atoms with Crippen LogP contribution < -0.4 is 0 Å². The first-order valence-electron chi connectivity index (χ1n) is 6.14. The van der Waals surface area contributed by atoms with Gasteiger partial charge in [0.25, 0.3) is 0 Å². The van der Waals surface area contributed by atoms with E-state index in [2.05, 4.69) is 57.8 Å². The minimum absolute atomic E-state index is 0.510.